The van der Waals surface area contributed by atoms with Crippen LogP contribution in [-0.2, 0) is 21.3 Å². The van der Waals surface area contributed by atoms with Gasteiger partial charge in [-0.3, -0.25) is 5.32 Å². The maximum Gasteiger partial charge on any atom is 0.426 e. The molecule has 0 radical (unpaired) electrons. The van der Waals surface area contributed by atoms with Gasteiger partial charge in [-0.25, -0.2) is 9.78 Å². The fourth-order valence-electron chi connectivity index (χ4n) is 4.21. The van der Waals surface area contributed by atoms with Crippen molar-refractivity contribution in [3.63, 3.8) is 0 Å². The fraction of sp³-hybridized carbons (Fsp3) is 0.500. The van der Waals surface area contributed by atoms with Gasteiger partial charge < -0.3 is 13.9 Å². The van der Waals surface area contributed by atoms with Crippen LogP contribution in [0.4, 0.5) is 36.8 Å². The summed E-state index contributed by atoms with van der Waals surface area (Å²) < 4.78 is 104. The highest BCUT2D eigenvalue weighted by atomic mass is 19.4. The normalized spacial score (nSPS) is 13.7. The van der Waals surface area contributed by atoms with Crippen LogP contribution in [-0.4, -0.2) is 39.7 Å². The van der Waals surface area contributed by atoms with Crippen molar-refractivity contribution in [2.75, 3.05) is 11.9 Å². The predicted octanol–water partition coefficient (Wildman–Crippen LogP) is 11.7. The number of carbonyl (C=O) groups excluding carboxylic acids is 1. The van der Waals surface area contributed by atoms with Crippen molar-refractivity contribution in [3.8, 4) is 11.6 Å². The average molecular weight is 717 g/mol. The highest BCUT2D eigenvalue weighted by Crippen LogP contribution is 2.47. The van der Waals surface area contributed by atoms with Crippen LogP contribution in [0.15, 0.2) is 72.8 Å². The van der Waals surface area contributed by atoms with Crippen molar-refractivity contribution in [3.05, 3.63) is 85.5 Å². The van der Waals surface area contributed by atoms with Crippen LogP contribution in [0, 0.1) is 0 Å². The summed E-state index contributed by atoms with van der Waals surface area (Å²) in [5, 5.41) is 9.56. The molecule has 2 rings (SSSR count). The van der Waals surface area contributed by atoms with Crippen molar-refractivity contribution < 1.29 is 45.0 Å². The van der Waals surface area contributed by atoms with E-state index >= 15 is 0 Å². The topological polar surface area (TPSA) is 99.4 Å². The maximum absolute atomic E-state index is 14.8. The number of hydrogen-bond donors (Lipinski definition) is 1. The first-order chi connectivity index (χ1) is 23.3. The first-order valence-corrected chi connectivity index (χ1v) is 16.2. The molecular weight excluding hydrogens is 666 g/mol. The standard InChI is InChI=1S/C32H38F6N4O4.2C2H6/c1-9-13-16-20(5)24-22(31(33,34)35)18-23(39-28(43)46-29(6,7)8)25(40-24)26-41-42-27(45-26)30(17-14-10-2,32(36,37)38)44-19-21(12-4)15-11-3;2*1-2/h9-12,15,18,20H,1-4,13-14,16-17,19H2,5-8H3,(H,39,43);2*1-2H3/b21-15+;;. The number of amides is 1. The SMILES string of the molecule is C=C/C=C(\C=C)COC(CCC=C)(c1nnc(-c2nc(C(C)CCC=C)c(C(F)(F)F)cc2NC(=O)OC(C)(C)C)o1)C(F)(F)F.CC.CC. The number of nitrogens with one attached hydrogen (secondary N) is 1. The minimum absolute atomic E-state index is 0.194. The number of rotatable bonds is 15. The quantitative estimate of drug-likeness (QED) is 0.111. The van der Waals surface area contributed by atoms with E-state index in [1.807, 2.05) is 27.7 Å². The zero-order valence-electron chi connectivity index (χ0n) is 30.1. The minimum Gasteiger partial charge on any atom is -0.444 e. The minimum atomic E-state index is -5.12. The van der Waals surface area contributed by atoms with Gasteiger partial charge in [-0.1, -0.05) is 78.2 Å². The molecule has 14 heteroatoms. The summed E-state index contributed by atoms with van der Waals surface area (Å²) in [5.41, 5.74) is -6.66. The van der Waals surface area contributed by atoms with Crippen molar-refractivity contribution in [2.24, 2.45) is 0 Å². The summed E-state index contributed by atoms with van der Waals surface area (Å²) in [7, 11) is 0. The zero-order chi connectivity index (χ0) is 38.9. The van der Waals surface area contributed by atoms with Gasteiger partial charge in [0, 0.05) is 0 Å². The lowest BCUT2D eigenvalue weighted by molar-refractivity contribution is -0.292. The number of aromatic nitrogens is 3. The van der Waals surface area contributed by atoms with E-state index < -0.39 is 83.0 Å². The highest BCUT2D eigenvalue weighted by molar-refractivity contribution is 5.89. The van der Waals surface area contributed by atoms with Crippen LogP contribution in [0.25, 0.3) is 11.6 Å². The molecule has 0 saturated carbocycles. The molecule has 8 nitrogen and oxygen atoms in total. The van der Waals surface area contributed by atoms with Crippen molar-refractivity contribution in [1.82, 2.24) is 15.2 Å². The Morgan fingerprint density at radius 3 is 2.06 bits per heavy atom. The molecule has 2 aromatic heterocycles. The van der Waals surface area contributed by atoms with Crippen molar-refractivity contribution in [2.45, 2.75) is 111 Å². The number of pyridine rings is 1. The van der Waals surface area contributed by atoms with Gasteiger partial charge in [0.15, 0.2) is 5.69 Å². The van der Waals surface area contributed by atoms with Crippen LogP contribution < -0.4 is 5.32 Å². The van der Waals surface area contributed by atoms with E-state index in [0.29, 0.717) is 12.5 Å². The molecule has 1 amide bonds. The molecule has 0 aliphatic heterocycles. The number of hydrogen-bond acceptors (Lipinski definition) is 7. The van der Waals surface area contributed by atoms with Gasteiger partial charge in [-0.05, 0) is 64.0 Å². The van der Waals surface area contributed by atoms with Gasteiger partial charge in [0.2, 0.25) is 5.60 Å². The number of alkyl halides is 6. The van der Waals surface area contributed by atoms with Crippen LogP contribution >= 0.6 is 0 Å². The molecule has 0 aliphatic rings. The summed E-state index contributed by atoms with van der Waals surface area (Å²) in [6, 6.07) is 0.609. The molecule has 2 unspecified atom stereocenters. The van der Waals surface area contributed by atoms with E-state index in [4.69, 9.17) is 13.9 Å². The van der Waals surface area contributed by atoms with Crippen molar-refractivity contribution in [1.29, 1.82) is 0 Å². The molecule has 1 N–H and O–H groups in total. The second-order valence-electron chi connectivity index (χ2n) is 11.2. The maximum atomic E-state index is 14.8. The largest absolute Gasteiger partial charge is 0.444 e. The molecule has 280 valence electrons. The second-order valence-corrected chi connectivity index (χ2v) is 11.2. The monoisotopic (exact) mass is 716 g/mol. The Hall–Kier alpha value is -4.20. The Morgan fingerprint density at radius 2 is 1.58 bits per heavy atom. The third kappa shape index (κ3) is 12.9. The van der Waals surface area contributed by atoms with E-state index in [9.17, 15) is 31.1 Å². The van der Waals surface area contributed by atoms with Crippen molar-refractivity contribution >= 4 is 11.8 Å². The van der Waals surface area contributed by atoms with E-state index in [1.54, 1.807) is 0 Å². The molecule has 0 fully saturated rings. The molecule has 0 saturated heterocycles. The van der Waals surface area contributed by atoms with Gasteiger partial charge in [0.1, 0.15) is 5.60 Å². The molecule has 0 bridgehead atoms. The predicted molar refractivity (Wildman–Crippen MR) is 185 cm³/mol. The third-order valence-corrected chi connectivity index (χ3v) is 6.47. The Morgan fingerprint density at radius 1 is 0.980 bits per heavy atom. The Kier molecular flexibility index (Phi) is 18.7. The highest BCUT2D eigenvalue weighted by Gasteiger charge is 2.61. The number of anilines is 1. The van der Waals surface area contributed by atoms with E-state index in [-0.39, 0.29) is 18.4 Å². The number of ether oxygens (including phenoxy) is 2. The first kappa shape index (κ1) is 45.8. The zero-order valence-corrected chi connectivity index (χ0v) is 30.1. The van der Waals surface area contributed by atoms with Gasteiger partial charge in [0.05, 0.1) is 23.6 Å². The average Bonchev–Trinajstić information content (AvgIpc) is 3.53. The smallest absolute Gasteiger partial charge is 0.426 e. The molecule has 2 aromatic rings. The second kappa shape index (κ2) is 20.5. The molecule has 0 spiro atoms. The molecule has 50 heavy (non-hydrogen) atoms. The summed E-state index contributed by atoms with van der Waals surface area (Å²) >= 11 is 0. The number of allylic oxidation sites excluding steroid dienone is 4. The molecular formula is C36H50F6N4O4. The van der Waals surface area contributed by atoms with Crippen LogP contribution in [0.5, 0.6) is 0 Å². The van der Waals surface area contributed by atoms with Gasteiger partial charge in [-0.15, -0.1) is 23.4 Å². The number of halogens is 6. The first-order valence-electron chi connectivity index (χ1n) is 16.2. The molecule has 0 aromatic carbocycles. The number of carbonyl (C=O) groups is 1. The van der Waals surface area contributed by atoms with Gasteiger partial charge >= 0.3 is 18.4 Å². The Balaban J connectivity index is 0.00000578. The summed E-state index contributed by atoms with van der Waals surface area (Å²) in [5.74, 6) is -2.54. The number of nitrogens with zero attached hydrogens (tertiary/aromatic N) is 3. The lowest BCUT2D eigenvalue weighted by Gasteiger charge is -2.32. The Labute approximate surface area is 291 Å². The lowest BCUT2D eigenvalue weighted by atomic mass is 9.95. The van der Waals surface area contributed by atoms with Crippen LogP contribution in [0.1, 0.15) is 104 Å². The van der Waals surface area contributed by atoms with Crippen LogP contribution in [0.3, 0.4) is 0 Å². The van der Waals surface area contributed by atoms with Gasteiger partial charge in [0.25, 0.3) is 11.8 Å². The van der Waals surface area contributed by atoms with E-state index in [0.717, 1.165) is 0 Å². The summed E-state index contributed by atoms with van der Waals surface area (Å²) in [6.45, 7) is 27.6. The van der Waals surface area contributed by atoms with E-state index in [2.05, 4.69) is 46.8 Å². The summed E-state index contributed by atoms with van der Waals surface area (Å²) in [6.07, 6.45) is -4.76. The van der Waals surface area contributed by atoms with Crippen LogP contribution in [0.2, 0.25) is 0 Å². The van der Waals surface area contributed by atoms with Gasteiger partial charge in [-0.2, -0.15) is 26.3 Å². The molecule has 2 heterocycles. The molecule has 2 atom stereocenters. The fourth-order valence-corrected chi connectivity index (χ4v) is 4.21. The lowest BCUT2D eigenvalue weighted by Crippen LogP contribution is -2.45. The van der Waals surface area contributed by atoms with E-state index in [1.165, 1.54) is 58.1 Å². The third-order valence-electron chi connectivity index (χ3n) is 6.47. The molecule has 0 aliphatic carbocycles. The summed E-state index contributed by atoms with van der Waals surface area (Å²) in [4.78, 5) is 16.8. The Bertz CT molecular complexity index is 1440.